The van der Waals surface area contributed by atoms with E-state index in [9.17, 15) is 9.59 Å². The molecule has 2 N–H and O–H groups in total. The lowest BCUT2D eigenvalue weighted by Gasteiger charge is -2.32. The fourth-order valence-electron chi connectivity index (χ4n) is 3.01. The van der Waals surface area contributed by atoms with Crippen molar-refractivity contribution in [2.45, 2.75) is 45.7 Å². The average Bonchev–Trinajstić information content (AvgIpc) is 3.27. The molecule has 0 aromatic heterocycles. The van der Waals surface area contributed by atoms with Gasteiger partial charge >= 0.3 is 12.1 Å². The van der Waals surface area contributed by atoms with Crippen molar-refractivity contribution in [3.05, 3.63) is 24.3 Å². The number of hydrogen-bond donors (Lipinski definition) is 2. The van der Waals surface area contributed by atoms with E-state index in [2.05, 4.69) is 31.4 Å². The van der Waals surface area contributed by atoms with Crippen LogP contribution in [-0.2, 0) is 0 Å². The summed E-state index contributed by atoms with van der Waals surface area (Å²) in [4.78, 5) is 28.2. The van der Waals surface area contributed by atoms with Gasteiger partial charge in [-0.15, -0.1) is 0 Å². The summed E-state index contributed by atoms with van der Waals surface area (Å²) in [6.07, 6.45) is 2.16. The van der Waals surface area contributed by atoms with Crippen LogP contribution in [0.2, 0.25) is 0 Å². The number of nitrogens with one attached hydrogen (secondary N) is 2. The number of hydrogen-bond acceptors (Lipinski definition) is 2. The SMILES string of the molecule is CC(C)[C@@H](C)N(C(=O)Nc1cccc(N2CCNC2=O)c1)C1CC1. The summed E-state index contributed by atoms with van der Waals surface area (Å²) in [6.45, 7) is 7.68. The summed E-state index contributed by atoms with van der Waals surface area (Å²) in [7, 11) is 0. The monoisotopic (exact) mass is 330 g/mol. The van der Waals surface area contributed by atoms with Crippen molar-refractivity contribution in [1.29, 1.82) is 0 Å². The number of nitrogens with zero attached hydrogens (tertiary/aromatic N) is 2. The molecule has 1 aromatic carbocycles. The van der Waals surface area contributed by atoms with Gasteiger partial charge in [-0.2, -0.15) is 0 Å². The van der Waals surface area contributed by atoms with Gasteiger partial charge in [0.2, 0.25) is 0 Å². The van der Waals surface area contributed by atoms with Gasteiger partial charge in [-0.25, -0.2) is 9.59 Å². The first-order valence-corrected chi connectivity index (χ1v) is 8.72. The second kappa shape index (κ2) is 6.71. The van der Waals surface area contributed by atoms with E-state index >= 15 is 0 Å². The molecule has 1 atom stereocenters. The first-order chi connectivity index (χ1) is 11.5. The van der Waals surface area contributed by atoms with Gasteiger partial charge in [0, 0.05) is 36.5 Å². The Kier molecular flexibility index (Phi) is 4.64. The number of benzene rings is 1. The zero-order chi connectivity index (χ0) is 17.3. The molecule has 130 valence electrons. The molecule has 0 bridgehead atoms. The molecule has 6 nitrogen and oxygen atoms in total. The van der Waals surface area contributed by atoms with Gasteiger partial charge in [-0.3, -0.25) is 4.90 Å². The Morgan fingerprint density at radius 3 is 2.67 bits per heavy atom. The first-order valence-electron chi connectivity index (χ1n) is 8.72. The number of rotatable bonds is 5. The predicted octanol–water partition coefficient (Wildman–Crippen LogP) is 3.26. The number of anilines is 2. The molecule has 1 saturated carbocycles. The van der Waals surface area contributed by atoms with Crippen molar-refractivity contribution < 1.29 is 9.59 Å². The van der Waals surface area contributed by atoms with Crippen molar-refractivity contribution in [3.63, 3.8) is 0 Å². The van der Waals surface area contributed by atoms with Gasteiger partial charge in [0.15, 0.2) is 0 Å². The first kappa shape index (κ1) is 16.6. The fourth-order valence-corrected chi connectivity index (χ4v) is 3.01. The van der Waals surface area contributed by atoms with Crippen LogP contribution in [0.3, 0.4) is 0 Å². The van der Waals surface area contributed by atoms with E-state index < -0.39 is 0 Å². The molecular formula is C18H26N4O2. The third-order valence-electron chi connectivity index (χ3n) is 4.84. The Morgan fingerprint density at radius 2 is 2.08 bits per heavy atom. The lowest BCUT2D eigenvalue weighted by Crippen LogP contribution is -2.45. The minimum Gasteiger partial charge on any atom is -0.336 e. The van der Waals surface area contributed by atoms with Crippen molar-refractivity contribution in [1.82, 2.24) is 10.2 Å². The van der Waals surface area contributed by atoms with Crippen molar-refractivity contribution in [2.24, 2.45) is 5.92 Å². The Balaban J connectivity index is 1.73. The van der Waals surface area contributed by atoms with E-state index in [4.69, 9.17) is 0 Å². The molecule has 1 aliphatic heterocycles. The quantitative estimate of drug-likeness (QED) is 0.870. The standard InChI is InChI=1S/C18H26N4O2/c1-12(2)13(3)22(15-7-8-15)18(24)20-14-5-4-6-16(11-14)21-10-9-19-17(21)23/h4-6,11-13,15H,7-10H2,1-3H3,(H,19,23)(H,20,24)/t13-/m1/s1. The van der Waals surface area contributed by atoms with Gasteiger partial charge in [-0.05, 0) is 43.9 Å². The topological polar surface area (TPSA) is 64.7 Å². The van der Waals surface area contributed by atoms with Crippen LogP contribution in [0.1, 0.15) is 33.6 Å². The van der Waals surface area contributed by atoms with Crippen LogP contribution in [-0.4, -0.2) is 42.1 Å². The van der Waals surface area contributed by atoms with E-state index in [1.807, 2.05) is 29.2 Å². The third-order valence-corrected chi connectivity index (χ3v) is 4.84. The van der Waals surface area contributed by atoms with E-state index in [0.29, 0.717) is 25.0 Å². The van der Waals surface area contributed by atoms with Crippen LogP contribution >= 0.6 is 0 Å². The number of carbonyl (C=O) groups is 2. The molecule has 1 aliphatic carbocycles. The average molecular weight is 330 g/mol. The molecule has 4 amide bonds. The summed E-state index contributed by atoms with van der Waals surface area (Å²) in [6, 6.07) is 7.88. The molecule has 24 heavy (non-hydrogen) atoms. The highest BCUT2D eigenvalue weighted by Crippen LogP contribution is 2.31. The Bertz CT molecular complexity index is 627. The van der Waals surface area contributed by atoms with Gasteiger partial charge < -0.3 is 15.5 Å². The molecule has 1 saturated heterocycles. The maximum atomic E-state index is 12.8. The van der Waals surface area contributed by atoms with Crippen molar-refractivity contribution in [2.75, 3.05) is 23.3 Å². The zero-order valence-electron chi connectivity index (χ0n) is 14.6. The molecule has 2 fully saturated rings. The molecule has 3 rings (SSSR count). The Morgan fingerprint density at radius 1 is 1.33 bits per heavy atom. The van der Waals surface area contributed by atoms with Crippen molar-refractivity contribution >= 4 is 23.4 Å². The number of carbonyl (C=O) groups excluding carboxylic acids is 2. The summed E-state index contributed by atoms with van der Waals surface area (Å²) in [5, 5.41) is 5.79. The molecule has 2 aliphatic rings. The molecule has 0 radical (unpaired) electrons. The zero-order valence-corrected chi connectivity index (χ0v) is 14.6. The van der Waals surface area contributed by atoms with Gasteiger partial charge in [0.25, 0.3) is 0 Å². The normalized spacial score (nSPS) is 18.5. The maximum Gasteiger partial charge on any atom is 0.322 e. The van der Waals surface area contributed by atoms with E-state index in [1.54, 1.807) is 4.90 Å². The Hall–Kier alpha value is -2.24. The molecule has 1 aromatic rings. The maximum absolute atomic E-state index is 12.8. The predicted molar refractivity (Wildman–Crippen MR) is 95.4 cm³/mol. The van der Waals surface area contributed by atoms with Gasteiger partial charge in [-0.1, -0.05) is 19.9 Å². The van der Waals surface area contributed by atoms with Crippen LogP contribution in [0, 0.1) is 5.92 Å². The second-order valence-corrected chi connectivity index (χ2v) is 6.99. The molecule has 0 unspecified atom stereocenters. The fraction of sp³-hybridized carbons (Fsp3) is 0.556. The minimum absolute atomic E-state index is 0.0540. The number of urea groups is 2. The largest absolute Gasteiger partial charge is 0.336 e. The molecule has 1 heterocycles. The summed E-state index contributed by atoms with van der Waals surface area (Å²) in [5.74, 6) is 0.413. The van der Waals surface area contributed by atoms with E-state index in [-0.39, 0.29) is 18.1 Å². The highest BCUT2D eigenvalue weighted by molar-refractivity contribution is 5.96. The summed E-state index contributed by atoms with van der Waals surface area (Å²) in [5.41, 5.74) is 1.52. The molecular weight excluding hydrogens is 304 g/mol. The highest BCUT2D eigenvalue weighted by atomic mass is 16.2. The Labute approximate surface area is 143 Å². The lowest BCUT2D eigenvalue weighted by molar-refractivity contribution is 0.169. The lowest BCUT2D eigenvalue weighted by atomic mass is 10.0. The number of amides is 4. The van der Waals surface area contributed by atoms with Gasteiger partial charge in [0.05, 0.1) is 0 Å². The van der Waals surface area contributed by atoms with Crippen molar-refractivity contribution in [3.8, 4) is 0 Å². The molecule has 6 heteroatoms. The molecule has 0 spiro atoms. The van der Waals surface area contributed by atoms with Crippen LogP contribution in [0.5, 0.6) is 0 Å². The highest BCUT2D eigenvalue weighted by Gasteiger charge is 2.36. The summed E-state index contributed by atoms with van der Waals surface area (Å²) < 4.78 is 0. The van der Waals surface area contributed by atoms with Crippen LogP contribution < -0.4 is 15.5 Å². The smallest absolute Gasteiger partial charge is 0.322 e. The van der Waals surface area contributed by atoms with Crippen LogP contribution in [0.25, 0.3) is 0 Å². The van der Waals surface area contributed by atoms with Crippen LogP contribution in [0.15, 0.2) is 24.3 Å². The van der Waals surface area contributed by atoms with E-state index in [1.165, 1.54) is 0 Å². The third kappa shape index (κ3) is 3.47. The van der Waals surface area contributed by atoms with E-state index in [0.717, 1.165) is 24.2 Å². The second-order valence-electron chi connectivity index (χ2n) is 6.99. The summed E-state index contributed by atoms with van der Waals surface area (Å²) >= 11 is 0. The van der Waals surface area contributed by atoms with Crippen LogP contribution in [0.4, 0.5) is 21.0 Å². The minimum atomic E-state index is -0.0912. The van der Waals surface area contributed by atoms with Gasteiger partial charge in [0.1, 0.15) is 0 Å².